The molecule has 0 radical (unpaired) electrons. The van der Waals surface area contributed by atoms with Crippen molar-refractivity contribution in [2.75, 3.05) is 12.3 Å². The Balaban J connectivity index is 1.23. The molecular formula is C21H21N3O2S2. The highest BCUT2D eigenvalue weighted by molar-refractivity contribution is 7.99. The Kier molecular flexibility index (Phi) is 4.72. The second-order valence-electron chi connectivity index (χ2n) is 7.38. The van der Waals surface area contributed by atoms with E-state index in [2.05, 4.69) is 28.2 Å². The van der Waals surface area contributed by atoms with Crippen LogP contribution in [0.2, 0.25) is 0 Å². The molecule has 1 aliphatic heterocycles. The van der Waals surface area contributed by atoms with Crippen molar-refractivity contribution in [3.63, 3.8) is 0 Å². The standard InChI is InChI=1S/C21H21N3O2S2/c25-18(24-9-8-13-4-1-2-5-14(13)10-24)12-27-11-17-22-20(26)19-15-6-3-7-16(15)28-21(19)23-17/h1-2,4-5H,3,6-12H2,(H,22,23,26). The molecule has 1 aromatic carbocycles. The van der Waals surface area contributed by atoms with Gasteiger partial charge in [0.05, 0.1) is 16.9 Å². The van der Waals surface area contributed by atoms with Crippen LogP contribution in [0.15, 0.2) is 29.1 Å². The summed E-state index contributed by atoms with van der Waals surface area (Å²) >= 11 is 3.17. The molecule has 1 N–H and O–H groups in total. The van der Waals surface area contributed by atoms with E-state index in [4.69, 9.17) is 0 Å². The van der Waals surface area contributed by atoms with E-state index in [9.17, 15) is 9.59 Å². The number of aromatic amines is 1. The van der Waals surface area contributed by atoms with Crippen molar-refractivity contribution in [2.24, 2.45) is 0 Å². The summed E-state index contributed by atoms with van der Waals surface area (Å²) in [6.07, 6.45) is 4.10. The average molecular weight is 412 g/mol. The number of hydrogen-bond acceptors (Lipinski definition) is 5. The second-order valence-corrected chi connectivity index (χ2v) is 9.45. The molecule has 144 valence electrons. The molecule has 2 aliphatic rings. The zero-order valence-electron chi connectivity index (χ0n) is 15.5. The van der Waals surface area contributed by atoms with Crippen LogP contribution in [0.4, 0.5) is 0 Å². The smallest absolute Gasteiger partial charge is 0.259 e. The highest BCUT2D eigenvalue weighted by Crippen LogP contribution is 2.34. The Morgan fingerprint density at radius 3 is 2.96 bits per heavy atom. The van der Waals surface area contributed by atoms with Gasteiger partial charge in [0.2, 0.25) is 5.91 Å². The number of aromatic nitrogens is 2. The van der Waals surface area contributed by atoms with Crippen LogP contribution in [0.5, 0.6) is 0 Å². The number of H-pyrrole nitrogens is 1. The van der Waals surface area contributed by atoms with Crippen molar-refractivity contribution in [3.8, 4) is 0 Å². The van der Waals surface area contributed by atoms with E-state index in [1.54, 1.807) is 11.3 Å². The molecule has 5 nitrogen and oxygen atoms in total. The number of benzene rings is 1. The van der Waals surface area contributed by atoms with Gasteiger partial charge in [-0.3, -0.25) is 9.59 Å². The van der Waals surface area contributed by atoms with Gasteiger partial charge in [0.25, 0.3) is 5.56 Å². The molecule has 5 rings (SSSR count). The summed E-state index contributed by atoms with van der Waals surface area (Å²) in [4.78, 5) is 36.8. The van der Waals surface area contributed by atoms with Gasteiger partial charge in [-0.25, -0.2) is 4.98 Å². The van der Waals surface area contributed by atoms with Crippen LogP contribution in [-0.2, 0) is 36.4 Å². The number of rotatable bonds is 4. The van der Waals surface area contributed by atoms with Crippen molar-refractivity contribution in [1.29, 1.82) is 0 Å². The van der Waals surface area contributed by atoms with Gasteiger partial charge in [0, 0.05) is 18.0 Å². The SMILES string of the molecule is O=C(CSCc1nc2sc3c(c2c(=O)[nH]1)CCC3)N1CCc2ccccc2C1. The summed E-state index contributed by atoms with van der Waals surface area (Å²) in [6.45, 7) is 1.47. The van der Waals surface area contributed by atoms with Gasteiger partial charge in [-0.15, -0.1) is 23.1 Å². The summed E-state index contributed by atoms with van der Waals surface area (Å²) in [6, 6.07) is 8.33. The lowest BCUT2D eigenvalue weighted by Crippen LogP contribution is -2.37. The molecule has 2 aromatic heterocycles. The zero-order valence-corrected chi connectivity index (χ0v) is 17.1. The molecule has 0 atom stereocenters. The number of amides is 1. The van der Waals surface area contributed by atoms with Crippen LogP contribution in [0.1, 0.15) is 33.8 Å². The number of thioether (sulfide) groups is 1. The number of thiophene rings is 1. The first-order valence-corrected chi connectivity index (χ1v) is 11.6. The van der Waals surface area contributed by atoms with E-state index >= 15 is 0 Å². The lowest BCUT2D eigenvalue weighted by Gasteiger charge is -2.28. The van der Waals surface area contributed by atoms with Crippen molar-refractivity contribution >= 4 is 39.2 Å². The number of aryl methyl sites for hydroxylation is 2. The Morgan fingerprint density at radius 1 is 1.21 bits per heavy atom. The topological polar surface area (TPSA) is 66.1 Å². The van der Waals surface area contributed by atoms with E-state index in [1.165, 1.54) is 33.3 Å². The fourth-order valence-electron chi connectivity index (χ4n) is 4.15. The van der Waals surface area contributed by atoms with Gasteiger partial charge in [0.15, 0.2) is 0 Å². The number of carbonyl (C=O) groups excluding carboxylic acids is 1. The summed E-state index contributed by atoms with van der Waals surface area (Å²) in [7, 11) is 0. The number of hydrogen-bond donors (Lipinski definition) is 1. The maximum atomic E-state index is 12.6. The van der Waals surface area contributed by atoms with E-state index < -0.39 is 0 Å². The Morgan fingerprint density at radius 2 is 2.07 bits per heavy atom. The molecule has 0 unspecified atom stereocenters. The fraction of sp³-hybridized carbons (Fsp3) is 0.381. The van der Waals surface area contributed by atoms with E-state index in [0.29, 0.717) is 23.9 Å². The third kappa shape index (κ3) is 3.26. The molecule has 0 spiro atoms. The highest BCUT2D eigenvalue weighted by atomic mass is 32.2. The third-order valence-electron chi connectivity index (χ3n) is 5.57. The molecule has 7 heteroatoms. The molecule has 1 amide bonds. The van der Waals surface area contributed by atoms with Gasteiger partial charge in [-0.2, -0.15) is 0 Å². The Labute approximate surface area is 171 Å². The van der Waals surface area contributed by atoms with Crippen LogP contribution in [-0.4, -0.2) is 33.1 Å². The van der Waals surface area contributed by atoms with Gasteiger partial charge in [-0.1, -0.05) is 24.3 Å². The van der Waals surface area contributed by atoms with E-state index in [1.807, 2.05) is 11.0 Å². The molecule has 0 fully saturated rings. The molecular weight excluding hydrogens is 390 g/mol. The summed E-state index contributed by atoms with van der Waals surface area (Å²) in [5.74, 6) is 1.77. The first kappa shape index (κ1) is 17.9. The van der Waals surface area contributed by atoms with Crippen LogP contribution >= 0.6 is 23.1 Å². The average Bonchev–Trinajstić information content (AvgIpc) is 3.28. The van der Waals surface area contributed by atoms with E-state index in [-0.39, 0.29) is 11.5 Å². The Hall–Kier alpha value is -2.12. The quantitative estimate of drug-likeness (QED) is 0.715. The molecule has 28 heavy (non-hydrogen) atoms. The second kappa shape index (κ2) is 7.37. The first-order chi connectivity index (χ1) is 13.7. The lowest BCUT2D eigenvalue weighted by molar-refractivity contribution is -0.129. The van der Waals surface area contributed by atoms with Crippen molar-refractivity contribution in [1.82, 2.24) is 14.9 Å². The maximum Gasteiger partial charge on any atom is 0.259 e. The monoisotopic (exact) mass is 411 g/mol. The minimum atomic E-state index is -0.0287. The zero-order chi connectivity index (χ0) is 19.1. The predicted octanol–water partition coefficient (Wildman–Crippen LogP) is 3.29. The molecule has 3 heterocycles. The van der Waals surface area contributed by atoms with Crippen LogP contribution in [0.25, 0.3) is 10.2 Å². The number of carbonyl (C=O) groups is 1. The minimum absolute atomic E-state index is 0.0287. The molecule has 0 saturated heterocycles. The molecule has 0 saturated carbocycles. The third-order valence-corrected chi connectivity index (χ3v) is 7.69. The summed E-state index contributed by atoms with van der Waals surface area (Å²) in [5.41, 5.74) is 3.76. The van der Waals surface area contributed by atoms with E-state index in [0.717, 1.165) is 42.4 Å². The Bertz CT molecular complexity index is 1120. The van der Waals surface area contributed by atoms with Gasteiger partial charge in [0.1, 0.15) is 10.7 Å². The van der Waals surface area contributed by atoms with Crippen molar-refractivity contribution in [2.45, 2.75) is 38.0 Å². The van der Waals surface area contributed by atoms with Gasteiger partial charge >= 0.3 is 0 Å². The summed E-state index contributed by atoms with van der Waals surface area (Å²) < 4.78 is 0. The highest BCUT2D eigenvalue weighted by Gasteiger charge is 2.22. The minimum Gasteiger partial charge on any atom is -0.337 e. The summed E-state index contributed by atoms with van der Waals surface area (Å²) in [5, 5.41) is 0.786. The maximum absolute atomic E-state index is 12.6. The van der Waals surface area contributed by atoms with Crippen LogP contribution in [0, 0.1) is 0 Å². The van der Waals surface area contributed by atoms with Crippen LogP contribution < -0.4 is 5.56 Å². The predicted molar refractivity (Wildman–Crippen MR) is 114 cm³/mol. The largest absolute Gasteiger partial charge is 0.337 e. The lowest BCUT2D eigenvalue weighted by atomic mass is 10.00. The first-order valence-electron chi connectivity index (χ1n) is 9.65. The molecule has 1 aliphatic carbocycles. The normalized spacial score (nSPS) is 15.6. The molecule has 3 aromatic rings. The van der Waals surface area contributed by atoms with Gasteiger partial charge in [-0.05, 0) is 42.4 Å². The number of nitrogens with one attached hydrogen (secondary N) is 1. The fourth-order valence-corrected chi connectivity index (χ4v) is 6.22. The van der Waals surface area contributed by atoms with Crippen LogP contribution in [0.3, 0.4) is 0 Å². The van der Waals surface area contributed by atoms with Crippen molar-refractivity contribution in [3.05, 3.63) is 62.0 Å². The molecule has 0 bridgehead atoms. The van der Waals surface area contributed by atoms with Gasteiger partial charge < -0.3 is 9.88 Å². The number of nitrogens with zero attached hydrogens (tertiary/aromatic N) is 2. The number of fused-ring (bicyclic) bond motifs is 4. The van der Waals surface area contributed by atoms with Crippen molar-refractivity contribution < 1.29 is 4.79 Å².